The Kier molecular flexibility index (Phi) is 5.74. The quantitative estimate of drug-likeness (QED) is 0.383. The summed E-state index contributed by atoms with van der Waals surface area (Å²) >= 11 is 3.47. The second-order valence-corrected chi connectivity index (χ2v) is 8.66. The second-order valence-electron chi connectivity index (χ2n) is 7.74. The van der Waals surface area contributed by atoms with Crippen LogP contribution in [-0.4, -0.2) is 20.7 Å². The van der Waals surface area contributed by atoms with Crippen molar-refractivity contribution >= 4 is 27.5 Å². The molecule has 0 saturated heterocycles. The Morgan fingerprint density at radius 1 is 0.871 bits per heavy atom. The van der Waals surface area contributed by atoms with Crippen molar-refractivity contribution in [3.63, 3.8) is 0 Å². The van der Waals surface area contributed by atoms with Crippen LogP contribution in [0.15, 0.2) is 65.1 Å². The highest BCUT2D eigenvalue weighted by Crippen LogP contribution is 2.26. The minimum absolute atomic E-state index is 0.124. The molecule has 6 heteroatoms. The van der Waals surface area contributed by atoms with Gasteiger partial charge in [0.1, 0.15) is 0 Å². The summed E-state index contributed by atoms with van der Waals surface area (Å²) in [4.78, 5) is 17.7. The van der Waals surface area contributed by atoms with Gasteiger partial charge in [-0.05, 0) is 68.7 Å². The number of halogens is 1. The maximum Gasteiger partial charge on any atom is 0.295 e. The summed E-state index contributed by atoms with van der Waals surface area (Å²) in [6.07, 6.45) is 0. The fraction of sp³-hybridized carbons (Fsp3) is 0.160. The lowest BCUT2D eigenvalue weighted by Crippen LogP contribution is -2.15. The molecule has 5 nitrogen and oxygen atoms in total. The largest absolute Gasteiger partial charge is 0.319 e. The summed E-state index contributed by atoms with van der Waals surface area (Å²) < 4.78 is 2.72. The molecule has 1 amide bonds. The first-order valence-electron chi connectivity index (χ1n) is 10.0. The molecule has 31 heavy (non-hydrogen) atoms. The number of benzene rings is 3. The van der Waals surface area contributed by atoms with E-state index in [-0.39, 0.29) is 11.7 Å². The molecule has 1 N–H and O–H groups in total. The van der Waals surface area contributed by atoms with E-state index in [1.165, 1.54) is 5.56 Å². The topological polar surface area (TPSA) is 59.8 Å². The fourth-order valence-electron chi connectivity index (χ4n) is 3.45. The van der Waals surface area contributed by atoms with E-state index in [0.717, 1.165) is 38.1 Å². The SMILES string of the molecule is Cc1ccc(-n2nc(C(=O)Nc3cc(C)ccc3C)nc2-c2ccc(Br)cc2)c(C)c1. The number of hydrogen-bond donors (Lipinski definition) is 1. The molecule has 0 spiro atoms. The summed E-state index contributed by atoms with van der Waals surface area (Å²) in [5, 5.41) is 7.56. The van der Waals surface area contributed by atoms with E-state index in [9.17, 15) is 4.79 Å². The molecule has 0 fully saturated rings. The number of amides is 1. The van der Waals surface area contributed by atoms with E-state index >= 15 is 0 Å². The molecule has 4 rings (SSSR count). The number of nitrogens with zero attached hydrogens (tertiary/aromatic N) is 3. The van der Waals surface area contributed by atoms with Gasteiger partial charge in [0.05, 0.1) is 5.69 Å². The number of rotatable bonds is 4. The zero-order valence-corrected chi connectivity index (χ0v) is 19.5. The zero-order valence-electron chi connectivity index (χ0n) is 17.9. The van der Waals surface area contributed by atoms with Gasteiger partial charge >= 0.3 is 0 Å². The number of hydrogen-bond acceptors (Lipinski definition) is 3. The van der Waals surface area contributed by atoms with Crippen molar-refractivity contribution in [2.45, 2.75) is 27.7 Å². The molecule has 0 saturated carbocycles. The molecule has 0 aliphatic heterocycles. The van der Waals surface area contributed by atoms with Crippen LogP contribution in [0.1, 0.15) is 32.9 Å². The van der Waals surface area contributed by atoms with Crippen LogP contribution in [-0.2, 0) is 0 Å². The monoisotopic (exact) mass is 474 g/mol. The summed E-state index contributed by atoms with van der Waals surface area (Å²) in [6.45, 7) is 8.04. The van der Waals surface area contributed by atoms with E-state index < -0.39 is 0 Å². The summed E-state index contributed by atoms with van der Waals surface area (Å²) in [7, 11) is 0. The van der Waals surface area contributed by atoms with Crippen molar-refractivity contribution in [3.05, 3.63) is 93.2 Å². The van der Waals surface area contributed by atoms with Crippen molar-refractivity contribution in [1.82, 2.24) is 14.8 Å². The maximum absolute atomic E-state index is 13.0. The Morgan fingerprint density at radius 2 is 1.55 bits per heavy atom. The number of aryl methyl sites for hydroxylation is 4. The first-order valence-corrected chi connectivity index (χ1v) is 10.8. The molecular formula is C25H23BrN4O. The summed E-state index contributed by atoms with van der Waals surface area (Å²) in [5.41, 5.74) is 6.82. The van der Waals surface area contributed by atoms with Crippen LogP contribution in [0.4, 0.5) is 5.69 Å². The number of anilines is 1. The molecule has 0 radical (unpaired) electrons. The third kappa shape index (κ3) is 4.44. The first-order chi connectivity index (χ1) is 14.8. The predicted molar refractivity (Wildman–Crippen MR) is 128 cm³/mol. The predicted octanol–water partition coefficient (Wildman–Crippen LogP) is 6.18. The summed E-state index contributed by atoms with van der Waals surface area (Å²) in [5.74, 6) is 0.403. The molecule has 1 aromatic heterocycles. The lowest BCUT2D eigenvalue weighted by Gasteiger charge is -2.10. The molecule has 3 aromatic carbocycles. The molecule has 4 aromatic rings. The Morgan fingerprint density at radius 3 is 2.26 bits per heavy atom. The molecule has 0 bridgehead atoms. The van der Waals surface area contributed by atoms with E-state index in [4.69, 9.17) is 0 Å². The second kappa shape index (κ2) is 8.47. The van der Waals surface area contributed by atoms with Crippen LogP contribution in [0.2, 0.25) is 0 Å². The number of carbonyl (C=O) groups excluding carboxylic acids is 1. The van der Waals surface area contributed by atoms with Gasteiger partial charge in [-0.2, -0.15) is 0 Å². The van der Waals surface area contributed by atoms with Crippen LogP contribution >= 0.6 is 15.9 Å². The molecule has 1 heterocycles. The highest BCUT2D eigenvalue weighted by molar-refractivity contribution is 9.10. The van der Waals surface area contributed by atoms with E-state index in [2.05, 4.69) is 44.3 Å². The lowest BCUT2D eigenvalue weighted by molar-refractivity contribution is 0.101. The molecule has 0 aliphatic rings. The highest BCUT2D eigenvalue weighted by atomic mass is 79.9. The molecule has 0 unspecified atom stereocenters. The van der Waals surface area contributed by atoms with Gasteiger partial charge in [-0.1, -0.05) is 57.9 Å². The Labute approximate surface area is 190 Å². The molecule has 0 aliphatic carbocycles. The average Bonchev–Trinajstić information content (AvgIpc) is 3.16. The van der Waals surface area contributed by atoms with Crippen molar-refractivity contribution in [2.75, 3.05) is 5.32 Å². The van der Waals surface area contributed by atoms with E-state index in [1.807, 2.05) is 75.4 Å². The normalized spacial score (nSPS) is 10.9. The number of nitrogens with one attached hydrogen (secondary N) is 1. The van der Waals surface area contributed by atoms with Gasteiger partial charge in [0.25, 0.3) is 5.91 Å². The standard InChI is InChI=1S/C25H23BrN4O/c1-15-6-12-22(18(4)13-15)30-24(19-8-10-20(26)11-9-19)28-23(29-30)25(31)27-21-14-16(2)5-7-17(21)3/h5-14H,1-4H3,(H,27,31). The fourth-order valence-corrected chi connectivity index (χ4v) is 3.72. The number of carbonyl (C=O) groups is 1. The van der Waals surface area contributed by atoms with E-state index in [0.29, 0.717) is 5.82 Å². The molecule has 156 valence electrons. The van der Waals surface area contributed by atoms with Crippen LogP contribution in [0, 0.1) is 27.7 Å². The van der Waals surface area contributed by atoms with Crippen molar-refractivity contribution in [2.24, 2.45) is 0 Å². The Hall–Kier alpha value is -3.25. The van der Waals surface area contributed by atoms with Gasteiger partial charge in [0.2, 0.25) is 5.82 Å². The first kappa shape index (κ1) is 21.0. The Bertz CT molecular complexity index is 1280. The van der Waals surface area contributed by atoms with Gasteiger partial charge in [-0.25, -0.2) is 9.67 Å². The van der Waals surface area contributed by atoms with Crippen LogP contribution < -0.4 is 5.32 Å². The summed E-state index contributed by atoms with van der Waals surface area (Å²) in [6, 6.07) is 19.9. The Balaban J connectivity index is 1.80. The van der Waals surface area contributed by atoms with E-state index in [1.54, 1.807) is 4.68 Å². The van der Waals surface area contributed by atoms with Crippen LogP contribution in [0.5, 0.6) is 0 Å². The van der Waals surface area contributed by atoms with Crippen molar-refractivity contribution in [3.8, 4) is 17.1 Å². The zero-order chi connectivity index (χ0) is 22.1. The van der Waals surface area contributed by atoms with Gasteiger partial charge in [-0.15, -0.1) is 5.10 Å². The van der Waals surface area contributed by atoms with Gasteiger partial charge in [0, 0.05) is 15.7 Å². The van der Waals surface area contributed by atoms with Crippen LogP contribution in [0.3, 0.4) is 0 Å². The third-order valence-electron chi connectivity index (χ3n) is 5.13. The third-order valence-corrected chi connectivity index (χ3v) is 5.66. The maximum atomic E-state index is 13.0. The van der Waals surface area contributed by atoms with Gasteiger partial charge in [0.15, 0.2) is 5.82 Å². The molecule has 0 atom stereocenters. The highest BCUT2D eigenvalue weighted by Gasteiger charge is 2.20. The van der Waals surface area contributed by atoms with Crippen LogP contribution in [0.25, 0.3) is 17.1 Å². The minimum Gasteiger partial charge on any atom is -0.319 e. The van der Waals surface area contributed by atoms with Crippen molar-refractivity contribution < 1.29 is 4.79 Å². The van der Waals surface area contributed by atoms with Gasteiger partial charge < -0.3 is 5.32 Å². The minimum atomic E-state index is -0.337. The lowest BCUT2D eigenvalue weighted by atomic mass is 10.1. The molecular weight excluding hydrogens is 452 g/mol. The average molecular weight is 475 g/mol. The van der Waals surface area contributed by atoms with Crippen molar-refractivity contribution in [1.29, 1.82) is 0 Å². The number of aromatic nitrogens is 3. The van der Waals surface area contributed by atoms with Gasteiger partial charge in [-0.3, -0.25) is 4.79 Å². The smallest absolute Gasteiger partial charge is 0.295 e.